The molecule has 25 heavy (non-hydrogen) atoms. The number of para-hydroxylation sites is 1. The Morgan fingerprint density at radius 3 is 2.36 bits per heavy atom. The number of carbonyl (C=O) groups is 1. The van der Waals surface area contributed by atoms with Crippen LogP contribution in [0.25, 0.3) is 0 Å². The highest BCUT2D eigenvalue weighted by molar-refractivity contribution is 5.78. The number of hydrogen-bond acceptors (Lipinski definition) is 3. The van der Waals surface area contributed by atoms with Crippen LogP contribution in [-0.2, 0) is 4.79 Å². The molecule has 1 fully saturated rings. The van der Waals surface area contributed by atoms with Crippen LogP contribution in [0.5, 0.6) is 0 Å². The molecule has 0 aliphatic carbocycles. The molecular formula is C20H24FN3O. The van der Waals surface area contributed by atoms with E-state index in [4.69, 9.17) is 0 Å². The second kappa shape index (κ2) is 8.12. The first-order valence-corrected chi connectivity index (χ1v) is 8.69. The van der Waals surface area contributed by atoms with E-state index in [2.05, 4.69) is 10.2 Å². The van der Waals surface area contributed by atoms with Gasteiger partial charge in [-0.3, -0.25) is 9.69 Å². The van der Waals surface area contributed by atoms with Gasteiger partial charge in [-0.1, -0.05) is 42.5 Å². The van der Waals surface area contributed by atoms with Gasteiger partial charge in [0.2, 0.25) is 5.91 Å². The van der Waals surface area contributed by atoms with Crippen molar-refractivity contribution < 1.29 is 9.18 Å². The van der Waals surface area contributed by atoms with Crippen molar-refractivity contribution in [1.29, 1.82) is 0 Å². The number of anilines is 1. The Morgan fingerprint density at radius 2 is 1.68 bits per heavy atom. The molecule has 3 rings (SSSR count). The van der Waals surface area contributed by atoms with Gasteiger partial charge in [-0.2, -0.15) is 0 Å². The Hall–Kier alpha value is -2.40. The number of benzene rings is 2. The van der Waals surface area contributed by atoms with E-state index in [0.29, 0.717) is 12.2 Å². The van der Waals surface area contributed by atoms with Gasteiger partial charge in [-0.15, -0.1) is 0 Å². The molecule has 1 atom stereocenters. The molecule has 132 valence electrons. The third-order valence-corrected chi connectivity index (χ3v) is 4.61. The van der Waals surface area contributed by atoms with Gasteiger partial charge in [-0.05, 0) is 24.6 Å². The molecule has 0 radical (unpaired) electrons. The first-order chi connectivity index (χ1) is 12.1. The van der Waals surface area contributed by atoms with E-state index in [9.17, 15) is 9.18 Å². The third kappa shape index (κ3) is 4.57. The standard InChI is InChI=1S/C20H24FN3O/c1-16(17-7-3-2-4-8-17)22-20(25)15-23-11-13-24(14-12-23)19-10-6-5-9-18(19)21/h2-10,16H,11-15H2,1H3,(H,22,25). The van der Waals surface area contributed by atoms with Gasteiger partial charge in [0.15, 0.2) is 0 Å². The minimum atomic E-state index is -0.189. The summed E-state index contributed by atoms with van der Waals surface area (Å²) >= 11 is 0. The number of nitrogens with zero attached hydrogens (tertiary/aromatic N) is 2. The van der Waals surface area contributed by atoms with Crippen LogP contribution in [0, 0.1) is 5.82 Å². The average molecular weight is 341 g/mol. The summed E-state index contributed by atoms with van der Waals surface area (Å²) < 4.78 is 13.9. The minimum absolute atomic E-state index is 0.00611. The summed E-state index contributed by atoms with van der Waals surface area (Å²) in [6, 6.07) is 16.8. The summed E-state index contributed by atoms with van der Waals surface area (Å²) in [5, 5.41) is 3.04. The normalized spacial score (nSPS) is 16.5. The second-order valence-electron chi connectivity index (χ2n) is 6.41. The molecule has 0 spiro atoms. The molecule has 1 saturated heterocycles. The fraction of sp³-hybridized carbons (Fsp3) is 0.350. The molecule has 1 unspecified atom stereocenters. The second-order valence-corrected chi connectivity index (χ2v) is 6.41. The van der Waals surface area contributed by atoms with Crippen molar-refractivity contribution in [3.63, 3.8) is 0 Å². The lowest BCUT2D eigenvalue weighted by molar-refractivity contribution is -0.123. The molecule has 4 nitrogen and oxygen atoms in total. The lowest BCUT2D eigenvalue weighted by Gasteiger charge is -2.36. The van der Waals surface area contributed by atoms with Gasteiger partial charge in [0.1, 0.15) is 5.82 Å². The number of halogens is 1. The van der Waals surface area contributed by atoms with E-state index in [1.165, 1.54) is 6.07 Å². The number of rotatable bonds is 5. The smallest absolute Gasteiger partial charge is 0.234 e. The summed E-state index contributed by atoms with van der Waals surface area (Å²) in [4.78, 5) is 16.4. The quantitative estimate of drug-likeness (QED) is 0.908. The van der Waals surface area contributed by atoms with E-state index < -0.39 is 0 Å². The van der Waals surface area contributed by atoms with Gasteiger partial charge in [0, 0.05) is 26.2 Å². The Morgan fingerprint density at radius 1 is 1.04 bits per heavy atom. The van der Waals surface area contributed by atoms with Crippen molar-refractivity contribution in [2.75, 3.05) is 37.6 Å². The van der Waals surface area contributed by atoms with E-state index >= 15 is 0 Å². The van der Waals surface area contributed by atoms with Crippen molar-refractivity contribution in [3.05, 3.63) is 66.0 Å². The van der Waals surface area contributed by atoms with E-state index in [-0.39, 0.29) is 17.8 Å². The lowest BCUT2D eigenvalue weighted by Crippen LogP contribution is -2.49. The van der Waals surface area contributed by atoms with E-state index in [1.807, 2.05) is 48.2 Å². The highest BCUT2D eigenvalue weighted by atomic mass is 19.1. The van der Waals surface area contributed by atoms with Crippen LogP contribution in [0.4, 0.5) is 10.1 Å². The molecule has 0 saturated carbocycles. The van der Waals surface area contributed by atoms with Gasteiger partial charge in [0.05, 0.1) is 18.3 Å². The third-order valence-electron chi connectivity index (χ3n) is 4.61. The van der Waals surface area contributed by atoms with Crippen molar-refractivity contribution in [2.45, 2.75) is 13.0 Å². The zero-order chi connectivity index (χ0) is 17.6. The SMILES string of the molecule is CC(NC(=O)CN1CCN(c2ccccc2F)CC1)c1ccccc1. The van der Waals surface area contributed by atoms with Crippen molar-refractivity contribution >= 4 is 11.6 Å². The highest BCUT2D eigenvalue weighted by Gasteiger charge is 2.21. The average Bonchev–Trinajstić information content (AvgIpc) is 2.63. The van der Waals surface area contributed by atoms with Crippen LogP contribution in [0.15, 0.2) is 54.6 Å². The molecule has 1 aliphatic rings. The molecule has 0 bridgehead atoms. The monoisotopic (exact) mass is 341 g/mol. The van der Waals surface area contributed by atoms with Crippen molar-refractivity contribution in [1.82, 2.24) is 10.2 Å². The Labute approximate surface area is 148 Å². The molecule has 5 heteroatoms. The Bertz CT molecular complexity index is 699. The predicted molar refractivity (Wildman–Crippen MR) is 98.1 cm³/mol. The van der Waals surface area contributed by atoms with Crippen LogP contribution in [0.2, 0.25) is 0 Å². The summed E-state index contributed by atoms with van der Waals surface area (Å²) in [5.74, 6) is -0.166. The number of carbonyl (C=O) groups excluding carboxylic acids is 1. The van der Waals surface area contributed by atoms with Crippen LogP contribution in [0.1, 0.15) is 18.5 Å². The summed E-state index contributed by atoms with van der Waals surface area (Å²) in [5.41, 5.74) is 1.74. The fourth-order valence-electron chi connectivity index (χ4n) is 3.17. The van der Waals surface area contributed by atoms with Gasteiger partial charge in [0.25, 0.3) is 0 Å². The van der Waals surface area contributed by atoms with Crippen molar-refractivity contribution in [2.24, 2.45) is 0 Å². The largest absolute Gasteiger partial charge is 0.367 e. The lowest BCUT2D eigenvalue weighted by atomic mass is 10.1. The maximum atomic E-state index is 13.9. The highest BCUT2D eigenvalue weighted by Crippen LogP contribution is 2.20. The molecule has 2 aromatic rings. The van der Waals surface area contributed by atoms with Gasteiger partial charge in [-0.25, -0.2) is 4.39 Å². The first kappa shape index (κ1) is 17.4. The van der Waals surface area contributed by atoms with Crippen LogP contribution in [-0.4, -0.2) is 43.5 Å². The zero-order valence-corrected chi connectivity index (χ0v) is 14.5. The van der Waals surface area contributed by atoms with E-state index in [1.54, 1.807) is 12.1 Å². The predicted octanol–water partition coefficient (Wildman–Crippen LogP) is 2.83. The molecule has 1 heterocycles. The van der Waals surface area contributed by atoms with E-state index in [0.717, 1.165) is 31.7 Å². The fourth-order valence-corrected chi connectivity index (χ4v) is 3.17. The number of nitrogens with one attached hydrogen (secondary N) is 1. The first-order valence-electron chi connectivity index (χ1n) is 8.69. The van der Waals surface area contributed by atoms with Gasteiger partial charge >= 0.3 is 0 Å². The number of amides is 1. The summed E-state index contributed by atoms with van der Waals surface area (Å²) in [7, 11) is 0. The number of hydrogen-bond donors (Lipinski definition) is 1. The topological polar surface area (TPSA) is 35.6 Å². The maximum Gasteiger partial charge on any atom is 0.234 e. The molecule has 1 aliphatic heterocycles. The molecule has 1 amide bonds. The van der Waals surface area contributed by atoms with Crippen molar-refractivity contribution in [3.8, 4) is 0 Å². The molecule has 0 aromatic heterocycles. The minimum Gasteiger partial charge on any atom is -0.367 e. The summed E-state index contributed by atoms with van der Waals surface area (Å²) in [6.45, 7) is 5.32. The van der Waals surface area contributed by atoms with Gasteiger partial charge < -0.3 is 10.2 Å². The number of piperazine rings is 1. The van der Waals surface area contributed by atoms with Crippen LogP contribution < -0.4 is 10.2 Å². The Balaban J connectivity index is 1.47. The van der Waals surface area contributed by atoms with Crippen LogP contribution in [0.3, 0.4) is 0 Å². The Kier molecular flexibility index (Phi) is 5.66. The van der Waals surface area contributed by atoms with Crippen LogP contribution >= 0.6 is 0 Å². The molecular weight excluding hydrogens is 317 g/mol. The zero-order valence-electron chi connectivity index (χ0n) is 14.5. The summed E-state index contributed by atoms with van der Waals surface area (Å²) in [6.07, 6.45) is 0. The molecule has 2 aromatic carbocycles. The maximum absolute atomic E-state index is 13.9. The molecule has 1 N–H and O–H groups in total.